The molecule has 0 aliphatic heterocycles. The molecule has 0 radical (unpaired) electrons. The predicted molar refractivity (Wildman–Crippen MR) is 53.0 cm³/mol. The van der Waals surface area contributed by atoms with Crippen LogP contribution in [-0.2, 0) is 4.87 Å². The highest BCUT2D eigenvalue weighted by atomic mass is 35.5. The van der Waals surface area contributed by atoms with E-state index in [0.29, 0.717) is 6.42 Å². The van der Waals surface area contributed by atoms with E-state index in [1.54, 1.807) is 0 Å². The zero-order valence-corrected chi connectivity index (χ0v) is 8.50. The molecule has 0 N–H and O–H groups in total. The van der Waals surface area contributed by atoms with Gasteiger partial charge in [0.25, 0.3) is 0 Å². The zero-order chi connectivity index (χ0) is 8.82. The molecule has 12 heavy (non-hydrogen) atoms. The van der Waals surface area contributed by atoms with Gasteiger partial charge in [0, 0.05) is 6.42 Å². The lowest BCUT2D eigenvalue weighted by Gasteiger charge is -2.08. The monoisotopic (exact) mass is 220 g/mol. The van der Waals surface area contributed by atoms with Gasteiger partial charge in [0.1, 0.15) is 9.21 Å². The Hall–Kier alpha value is 0.0900. The van der Waals surface area contributed by atoms with E-state index in [9.17, 15) is 0 Å². The van der Waals surface area contributed by atoms with E-state index in [4.69, 9.17) is 34.8 Å². The quantitative estimate of drug-likeness (QED) is 0.635. The van der Waals surface area contributed by atoms with Crippen molar-refractivity contribution in [3.05, 3.63) is 35.9 Å². The Kier molecular flexibility index (Phi) is 1.84. The van der Waals surface area contributed by atoms with Crippen LogP contribution in [0, 0.1) is 0 Å². The maximum absolute atomic E-state index is 6.20. The number of hydrogen-bond donors (Lipinski definition) is 0. The summed E-state index contributed by atoms with van der Waals surface area (Å²) in [5, 5.41) is 0. The predicted octanol–water partition coefficient (Wildman–Crippen LogP) is 3.70. The first-order valence-corrected chi connectivity index (χ1v) is 4.82. The molecule has 0 bridgehead atoms. The topological polar surface area (TPSA) is 0 Å². The molecular formula is C9H7Cl3. The second kappa shape index (κ2) is 2.54. The Morgan fingerprint density at radius 1 is 1.00 bits per heavy atom. The molecule has 1 aromatic carbocycles. The Morgan fingerprint density at radius 3 is 1.92 bits per heavy atom. The molecule has 0 spiro atoms. The summed E-state index contributed by atoms with van der Waals surface area (Å²) in [6, 6.07) is 9.69. The molecule has 2 rings (SSSR count). The van der Waals surface area contributed by atoms with Gasteiger partial charge in [-0.15, -0.1) is 11.6 Å². The fourth-order valence-corrected chi connectivity index (χ4v) is 2.36. The summed E-state index contributed by atoms with van der Waals surface area (Å²) < 4.78 is -0.782. The third-order valence-corrected chi connectivity index (χ3v) is 3.93. The molecule has 1 aromatic rings. The Morgan fingerprint density at radius 2 is 1.50 bits per heavy atom. The molecule has 0 nitrogen and oxygen atoms in total. The number of halogens is 3. The van der Waals surface area contributed by atoms with Crippen molar-refractivity contribution in [2.75, 3.05) is 0 Å². The first-order valence-electron chi connectivity index (χ1n) is 3.68. The number of hydrogen-bond acceptors (Lipinski definition) is 0. The van der Waals surface area contributed by atoms with Crippen LogP contribution >= 0.6 is 34.8 Å². The van der Waals surface area contributed by atoms with Gasteiger partial charge in [-0.1, -0.05) is 53.5 Å². The summed E-state index contributed by atoms with van der Waals surface area (Å²) in [6.45, 7) is 0. The third kappa shape index (κ3) is 1.14. The summed E-state index contributed by atoms with van der Waals surface area (Å²) in [7, 11) is 0. The van der Waals surface area contributed by atoms with E-state index < -0.39 is 9.21 Å². The first-order chi connectivity index (χ1) is 5.56. The maximum Gasteiger partial charge on any atom is 0.143 e. The summed E-state index contributed by atoms with van der Waals surface area (Å²) in [6.07, 6.45) is 0.620. The molecule has 1 atom stereocenters. The van der Waals surface area contributed by atoms with Crippen LogP contribution in [0.4, 0.5) is 0 Å². The molecule has 1 fully saturated rings. The van der Waals surface area contributed by atoms with Crippen LogP contribution in [0.5, 0.6) is 0 Å². The molecule has 0 amide bonds. The van der Waals surface area contributed by atoms with Gasteiger partial charge < -0.3 is 0 Å². The molecule has 1 aliphatic rings. The van der Waals surface area contributed by atoms with Crippen molar-refractivity contribution in [1.82, 2.24) is 0 Å². The highest BCUT2D eigenvalue weighted by Crippen LogP contribution is 2.67. The molecule has 0 aromatic heterocycles. The van der Waals surface area contributed by atoms with E-state index in [1.165, 1.54) is 0 Å². The fraction of sp³-hybridized carbons (Fsp3) is 0.333. The van der Waals surface area contributed by atoms with Crippen molar-refractivity contribution >= 4 is 34.8 Å². The summed E-state index contributed by atoms with van der Waals surface area (Å²) in [4.78, 5) is -0.558. The van der Waals surface area contributed by atoms with Crippen LogP contribution in [0.25, 0.3) is 0 Å². The molecule has 1 saturated carbocycles. The second-order valence-corrected chi connectivity index (χ2v) is 5.18. The van der Waals surface area contributed by atoms with Gasteiger partial charge in [0.2, 0.25) is 0 Å². The van der Waals surface area contributed by atoms with E-state index >= 15 is 0 Å². The Labute approximate surface area is 86.4 Å². The minimum absolute atomic E-state index is 0.558. The fourth-order valence-electron chi connectivity index (χ4n) is 1.28. The van der Waals surface area contributed by atoms with Crippen molar-refractivity contribution in [1.29, 1.82) is 0 Å². The smallest absolute Gasteiger partial charge is 0.111 e. The van der Waals surface area contributed by atoms with E-state index in [2.05, 4.69) is 0 Å². The van der Waals surface area contributed by atoms with Crippen LogP contribution in [0.3, 0.4) is 0 Å². The van der Waals surface area contributed by atoms with Gasteiger partial charge in [0.15, 0.2) is 0 Å². The molecule has 0 heterocycles. The van der Waals surface area contributed by atoms with Gasteiger partial charge in [-0.3, -0.25) is 0 Å². The molecule has 0 unspecified atom stereocenters. The normalized spacial score (nSPS) is 31.6. The first kappa shape index (κ1) is 8.68. The number of alkyl halides is 3. The van der Waals surface area contributed by atoms with Gasteiger partial charge in [-0.25, -0.2) is 0 Å². The van der Waals surface area contributed by atoms with Crippen molar-refractivity contribution in [2.24, 2.45) is 0 Å². The van der Waals surface area contributed by atoms with Gasteiger partial charge in [-0.05, 0) is 5.56 Å². The van der Waals surface area contributed by atoms with Crippen molar-refractivity contribution in [2.45, 2.75) is 15.6 Å². The van der Waals surface area contributed by atoms with Crippen molar-refractivity contribution < 1.29 is 0 Å². The van der Waals surface area contributed by atoms with E-state index in [-0.39, 0.29) is 0 Å². The zero-order valence-electron chi connectivity index (χ0n) is 6.23. The van der Waals surface area contributed by atoms with Crippen LogP contribution in [0.1, 0.15) is 12.0 Å². The maximum atomic E-state index is 6.20. The van der Waals surface area contributed by atoms with Crippen LogP contribution in [-0.4, -0.2) is 4.33 Å². The van der Waals surface area contributed by atoms with Gasteiger partial charge in [-0.2, -0.15) is 0 Å². The number of benzene rings is 1. The molecule has 1 aliphatic carbocycles. The Bertz CT molecular complexity index is 294. The van der Waals surface area contributed by atoms with Crippen molar-refractivity contribution in [3.8, 4) is 0 Å². The lowest BCUT2D eigenvalue weighted by Crippen LogP contribution is -2.05. The average molecular weight is 222 g/mol. The van der Waals surface area contributed by atoms with Crippen LogP contribution in [0.15, 0.2) is 30.3 Å². The highest BCUT2D eigenvalue weighted by molar-refractivity contribution is 6.57. The minimum Gasteiger partial charge on any atom is -0.111 e. The van der Waals surface area contributed by atoms with Gasteiger partial charge >= 0.3 is 0 Å². The van der Waals surface area contributed by atoms with E-state index in [1.807, 2.05) is 30.3 Å². The molecule has 64 valence electrons. The summed E-state index contributed by atoms with van der Waals surface area (Å²) in [5.74, 6) is 0. The SMILES string of the molecule is ClC1(Cl)C[C@]1(Cl)c1ccccc1. The second-order valence-electron chi connectivity index (χ2n) is 3.05. The average Bonchev–Trinajstić information content (AvgIpc) is 2.55. The largest absolute Gasteiger partial charge is 0.143 e. The van der Waals surface area contributed by atoms with Gasteiger partial charge in [0.05, 0.1) is 0 Å². The third-order valence-electron chi connectivity index (χ3n) is 2.15. The van der Waals surface area contributed by atoms with Crippen molar-refractivity contribution in [3.63, 3.8) is 0 Å². The molecular weight excluding hydrogens is 214 g/mol. The molecule has 0 saturated heterocycles. The minimum atomic E-state index is -0.782. The lowest BCUT2D eigenvalue weighted by atomic mass is 10.1. The highest BCUT2D eigenvalue weighted by Gasteiger charge is 2.66. The molecule has 3 heteroatoms. The van der Waals surface area contributed by atoms with E-state index in [0.717, 1.165) is 5.56 Å². The van der Waals surface area contributed by atoms with Crippen LogP contribution < -0.4 is 0 Å². The number of rotatable bonds is 1. The standard InChI is InChI=1S/C9H7Cl3/c10-8(6-9(8,11)12)7-4-2-1-3-5-7/h1-5H,6H2/t8-/m0/s1. The summed E-state index contributed by atoms with van der Waals surface area (Å²) >= 11 is 18.0. The lowest BCUT2D eigenvalue weighted by molar-refractivity contribution is 0.995. The van der Waals surface area contributed by atoms with Crippen LogP contribution in [0.2, 0.25) is 0 Å². The summed E-state index contributed by atoms with van der Waals surface area (Å²) in [5.41, 5.74) is 0.997. The Balaban J connectivity index is 2.35.